The van der Waals surface area contributed by atoms with Crippen LogP contribution >= 0.6 is 23.3 Å². The summed E-state index contributed by atoms with van der Waals surface area (Å²) in [6, 6.07) is 15.5. The highest BCUT2D eigenvalue weighted by Crippen LogP contribution is 2.39. The lowest BCUT2D eigenvalue weighted by molar-refractivity contribution is -0.120. The summed E-state index contributed by atoms with van der Waals surface area (Å²) in [6.45, 7) is 7.87. The van der Waals surface area contributed by atoms with Gasteiger partial charge in [0.2, 0.25) is 16.9 Å². The lowest BCUT2D eigenvalue weighted by Crippen LogP contribution is -2.46. The highest BCUT2D eigenvalue weighted by molar-refractivity contribution is 7.97. The second kappa shape index (κ2) is 15.2. The Morgan fingerprint density at radius 3 is 2.23 bits per heavy atom. The highest BCUT2D eigenvalue weighted by atomic mass is 32.2. The van der Waals surface area contributed by atoms with Crippen LogP contribution in [0, 0.1) is 0 Å². The van der Waals surface area contributed by atoms with Gasteiger partial charge in [-0.3, -0.25) is 9.59 Å². The van der Waals surface area contributed by atoms with E-state index < -0.39 is 0 Å². The van der Waals surface area contributed by atoms with E-state index in [1.54, 1.807) is 0 Å². The predicted octanol–water partition coefficient (Wildman–Crippen LogP) is 4.94. The maximum Gasteiger partial charge on any atom is 0.230 e. The molecule has 5 rings (SSSR count). The van der Waals surface area contributed by atoms with Crippen LogP contribution in [0.25, 0.3) is 0 Å². The van der Waals surface area contributed by atoms with Gasteiger partial charge in [-0.25, -0.2) is 5.43 Å². The van der Waals surface area contributed by atoms with Crippen LogP contribution in [0.3, 0.4) is 0 Å². The van der Waals surface area contributed by atoms with Crippen LogP contribution in [-0.2, 0) is 22.4 Å². The van der Waals surface area contributed by atoms with Gasteiger partial charge in [-0.1, -0.05) is 54.2 Å². The number of nitrogens with one attached hydrogen (secondary N) is 4. The smallest absolute Gasteiger partial charge is 0.230 e. The second-order valence-corrected chi connectivity index (χ2v) is 13.6. The molecule has 236 valence electrons. The zero-order valence-electron chi connectivity index (χ0n) is 25.5. The van der Waals surface area contributed by atoms with Crippen molar-refractivity contribution in [2.24, 2.45) is 0 Å². The van der Waals surface area contributed by atoms with Gasteiger partial charge in [0.05, 0.1) is 25.0 Å². The van der Waals surface area contributed by atoms with Crippen LogP contribution < -0.4 is 31.1 Å². The van der Waals surface area contributed by atoms with Gasteiger partial charge in [0.25, 0.3) is 0 Å². The van der Waals surface area contributed by atoms with Crippen LogP contribution in [-0.4, -0.2) is 50.2 Å². The molecule has 1 aliphatic heterocycles. The number of benzene rings is 2. The van der Waals surface area contributed by atoms with Crippen molar-refractivity contribution in [2.75, 3.05) is 5.32 Å². The molecular formula is C31H41N7O4S2. The molecule has 0 radical (unpaired) electrons. The third-order valence-electron chi connectivity index (χ3n) is 7.20. The molecule has 4 N–H and O–H groups in total. The zero-order chi connectivity index (χ0) is 31.1. The Labute approximate surface area is 266 Å². The van der Waals surface area contributed by atoms with Gasteiger partial charge < -0.3 is 20.1 Å². The zero-order valence-corrected chi connectivity index (χ0v) is 27.2. The summed E-state index contributed by atoms with van der Waals surface area (Å²) in [6.07, 6.45) is 4.48. The molecule has 1 saturated carbocycles. The molecule has 2 amide bonds. The average molecular weight is 640 g/mol. The Hall–Kier alpha value is -3.23. The van der Waals surface area contributed by atoms with Crippen molar-refractivity contribution in [3.8, 4) is 11.5 Å². The number of ether oxygens (including phenoxy) is 2. The first-order valence-corrected chi connectivity index (χ1v) is 16.8. The summed E-state index contributed by atoms with van der Waals surface area (Å²) in [5, 5.41) is 16.1. The van der Waals surface area contributed by atoms with Crippen LogP contribution in [0.1, 0.15) is 75.4 Å². The fraction of sp³-hybridized carbons (Fsp3) is 0.484. The van der Waals surface area contributed by atoms with E-state index in [2.05, 4.69) is 36.2 Å². The summed E-state index contributed by atoms with van der Waals surface area (Å²) in [4.78, 5) is 25.7. The summed E-state index contributed by atoms with van der Waals surface area (Å²) in [5.41, 5.74) is 7.81. The van der Waals surface area contributed by atoms with Crippen molar-refractivity contribution >= 4 is 40.2 Å². The lowest BCUT2D eigenvalue weighted by Gasteiger charge is -2.32. The highest BCUT2D eigenvalue weighted by Gasteiger charge is 2.35. The largest absolute Gasteiger partial charge is 0.491 e. The molecule has 3 atom stereocenters. The summed E-state index contributed by atoms with van der Waals surface area (Å²) in [7, 11) is 0. The van der Waals surface area contributed by atoms with Gasteiger partial charge in [0.1, 0.15) is 16.5 Å². The minimum atomic E-state index is -0.291. The molecule has 11 nitrogen and oxygen atoms in total. The number of amides is 2. The summed E-state index contributed by atoms with van der Waals surface area (Å²) < 4.78 is 13.8. The van der Waals surface area contributed by atoms with Crippen molar-refractivity contribution in [2.45, 2.75) is 95.9 Å². The molecule has 0 bridgehead atoms. The maximum atomic E-state index is 12.9. The molecule has 2 aromatic carbocycles. The molecule has 1 aliphatic carbocycles. The van der Waals surface area contributed by atoms with Gasteiger partial charge in [0, 0.05) is 23.1 Å². The monoisotopic (exact) mass is 639 g/mol. The molecule has 3 aromatic rings. The number of carbonyl (C=O) groups is 2. The van der Waals surface area contributed by atoms with E-state index in [-0.39, 0.29) is 54.3 Å². The van der Waals surface area contributed by atoms with Crippen molar-refractivity contribution in [1.82, 2.24) is 30.9 Å². The van der Waals surface area contributed by atoms with Crippen molar-refractivity contribution in [1.29, 1.82) is 0 Å². The number of rotatable bonds is 12. The van der Waals surface area contributed by atoms with Crippen LogP contribution in [0.2, 0.25) is 0 Å². The van der Waals surface area contributed by atoms with Crippen molar-refractivity contribution in [3.63, 3.8) is 0 Å². The molecule has 13 heteroatoms. The number of para-hydroxylation sites is 2. The molecular weight excluding hydrogens is 599 g/mol. The van der Waals surface area contributed by atoms with Gasteiger partial charge in [0.15, 0.2) is 5.50 Å². The Kier molecular flexibility index (Phi) is 11.1. The lowest BCUT2D eigenvalue weighted by atomic mass is 9.86. The van der Waals surface area contributed by atoms with Gasteiger partial charge in [-0.05, 0) is 71.0 Å². The standard InChI is InChI=1S/C31H41N7O4S2/c1-19(2)41-25-14-7-5-10-21(25)17-27(39)32-30-35-34-29(43-30)23-12-9-13-24(16-23)38-37-36-31(44-38)33-28(40)18-22-11-6-8-15-26(22)42-20(3)4/h5-8,10-11,14-15,19-20,23-24,31,36-37H,9,12-13,16-18H2,1-4H3,(H,33,40)(H,32,35,39)/t23?,24-,31?/m0/s1. The third kappa shape index (κ3) is 8.91. The fourth-order valence-electron chi connectivity index (χ4n) is 5.32. The number of aromatic nitrogens is 2. The van der Waals surface area contributed by atoms with E-state index in [4.69, 9.17) is 9.47 Å². The van der Waals surface area contributed by atoms with E-state index in [1.165, 1.54) is 23.3 Å². The van der Waals surface area contributed by atoms with E-state index in [9.17, 15) is 9.59 Å². The molecule has 2 fully saturated rings. The van der Waals surface area contributed by atoms with Crippen LogP contribution in [0.4, 0.5) is 5.13 Å². The van der Waals surface area contributed by atoms with Gasteiger partial charge >= 0.3 is 0 Å². The number of hydrogen-bond donors (Lipinski definition) is 4. The fourth-order valence-corrected chi connectivity index (χ4v) is 7.22. The Bertz CT molecular complexity index is 1420. The minimum absolute atomic E-state index is 0.0250. The van der Waals surface area contributed by atoms with E-state index in [0.717, 1.165) is 53.3 Å². The molecule has 2 heterocycles. The molecule has 0 spiro atoms. The van der Waals surface area contributed by atoms with E-state index in [0.29, 0.717) is 5.13 Å². The molecule has 44 heavy (non-hydrogen) atoms. The number of nitrogens with zero attached hydrogens (tertiary/aromatic N) is 3. The maximum absolute atomic E-state index is 12.9. The SMILES string of the molecule is CC(C)Oc1ccccc1CC(=O)Nc1nnc(C2CCC[C@H](N3NNC(NC(=O)Cc4ccccc4OC(C)C)S3)C2)s1. The second-order valence-electron chi connectivity index (χ2n) is 11.5. The first kappa shape index (κ1) is 32.2. The van der Waals surface area contributed by atoms with Crippen molar-refractivity contribution in [3.05, 3.63) is 64.7 Å². The first-order valence-electron chi connectivity index (χ1n) is 15.1. The third-order valence-corrected chi connectivity index (χ3v) is 9.27. The number of hydrogen-bond acceptors (Lipinski definition) is 11. The average Bonchev–Trinajstić information content (AvgIpc) is 3.65. The van der Waals surface area contributed by atoms with Gasteiger partial charge in [-0.2, -0.15) is 9.95 Å². The Morgan fingerprint density at radius 2 is 1.57 bits per heavy atom. The van der Waals surface area contributed by atoms with Crippen molar-refractivity contribution < 1.29 is 19.1 Å². The minimum Gasteiger partial charge on any atom is -0.491 e. The Balaban J connectivity index is 1.10. The summed E-state index contributed by atoms with van der Waals surface area (Å²) in [5.74, 6) is 1.46. The molecule has 1 aromatic heterocycles. The van der Waals surface area contributed by atoms with E-state index >= 15 is 0 Å². The molecule has 1 saturated heterocycles. The molecule has 2 aliphatic rings. The van der Waals surface area contributed by atoms with Gasteiger partial charge in [-0.15, -0.1) is 10.2 Å². The number of carbonyl (C=O) groups excluding carboxylic acids is 2. The molecule has 2 unspecified atom stereocenters. The number of anilines is 1. The number of hydrazine groups is 2. The topological polar surface area (TPSA) is 130 Å². The van der Waals surface area contributed by atoms with E-state index in [1.807, 2.05) is 76.2 Å². The quantitative estimate of drug-likeness (QED) is 0.202. The van der Waals surface area contributed by atoms with Crippen LogP contribution in [0.15, 0.2) is 48.5 Å². The normalized spacial score (nSPS) is 20.5. The summed E-state index contributed by atoms with van der Waals surface area (Å²) >= 11 is 2.97. The first-order chi connectivity index (χ1) is 21.2. The Morgan fingerprint density at radius 1 is 0.932 bits per heavy atom. The predicted molar refractivity (Wildman–Crippen MR) is 173 cm³/mol. The van der Waals surface area contributed by atoms with Crippen LogP contribution in [0.5, 0.6) is 11.5 Å².